The van der Waals surface area contributed by atoms with Crippen LogP contribution in [0.3, 0.4) is 0 Å². The van der Waals surface area contributed by atoms with Crippen LogP contribution in [0.4, 0.5) is 0 Å². The summed E-state index contributed by atoms with van der Waals surface area (Å²) in [4.78, 5) is 9.97. The van der Waals surface area contributed by atoms with Gasteiger partial charge < -0.3 is 16.0 Å². The molecule has 9 heavy (non-hydrogen) atoms. The number of nitrogens with two attached hydrogens (primary N) is 1. The SMILES string of the molecule is NCC/C(=N/O)C(=O)O. The maximum absolute atomic E-state index is 9.97. The van der Waals surface area contributed by atoms with E-state index in [1.165, 1.54) is 0 Å². The van der Waals surface area contributed by atoms with E-state index in [4.69, 9.17) is 16.0 Å². The Labute approximate surface area is 51.8 Å². The Bertz CT molecular complexity index is 132. The molecule has 5 heteroatoms. The van der Waals surface area contributed by atoms with Crippen LogP contribution in [-0.2, 0) is 4.79 Å². The van der Waals surface area contributed by atoms with Gasteiger partial charge in [-0.2, -0.15) is 0 Å². The van der Waals surface area contributed by atoms with Crippen LogP contribution < -0.4 is 5.73 Å². The molecule has 0 aromatic carbocycles. The summed E-state index contributed by atoms with van der Waals surface area (Å²) in [5.41, 5.74) is 4.68. The predicted molar refractivity (Wildman–Crippen MR) is 30.5 cm³/mol. The average Bonchev–Trinajstić information content (AvgIpc) is 1.82. The fourth-order valence-corrected chi connectivity index (χ4v) is 0.336. The number of hydrogen-bond donors (Lipinski definition) is 3. The van der Waals surface area contributed by atoms with Crippen LogP contribution >= 0.6 is 0 Å². The summed E-state index contributed by atoms with van der Waals surface area (Å²) < 4.78 is 0. The molecule has 5 nitrogen and oxygen atoms in total. The molecule has 0 aliphatic rings. The van der Waals surface area contributed by atoms with Gasteiger partial charge in [0.15, 0.2) is 5.71 Å². The predicted octanol–water partition coefficient (Wildman–Crippen LogP) is -0.750. The third kappa shape index (κ3) is 2.65. The van der Waals surface area contributed by atoms with Crippen molar-refractivity contribution in [3.05, 3.63) is 0 Å². The Hall–Kier alpha value is -1.10. The first-order valence-corrected chi connectivity index (χ1v) is 2.36. The highest BCUT2D eigenvalue weighted by Crippen LogP contribution is 1.82. The van der Waals surface area contributed by atoms with Gasteiger partial charge >= 0.3 is 5.97 Å². The second-order valence-corrected chi connectivity index (χ2v) is 1.39. The molecule has 0 saturated heterocycles. The summed E-state index contributed by atoms with van der Waals surface area (Å²) in [6, 6.07) is 0. The minimum absolute atomic E-state index is 0.0891. The van der Waals surface area contributed by atoms with Crippen molar-refractivity contribution < 1.29 is 15.1 Å². The molecular formula is C4H8N2O3. The quantitative estimate of drug-likeness (QED) is 0.267. The molecule has 0 aromatic heterocycles. The van der Waals surface area contributed by atoms with Crippen LogP contribution in [0, 0.1) is 0 Å². The standard InChI is InChI=1S/C4H8N2O3/c5-2-1-3(6-9)4(7)8/h9H,1-2,5H2,(H,7,8)/b6-3-. The molecule has 0 aromatic rings. The summed E-state index contributed by atoms with van der Waals surface area (Å²) in [5.74, 6) is -1.23. The number of rotatable bonds is 3. The van der Waals surface area contributed by atoms with Crippen molar-refractivity contribution in [3.63, 3.8) is 0 Å². The lowest BCUT2D eigenvalue weighted by Crippen LogP contribution is -2.17. The molecule has 52 valence electrons. The van der Waals surface area contributed by atoms with Gasteiger partial charge in [-0.3, -0.25) is 0 Å². The van der Waals surface area contributed by atoms with Gasteiger partial charge in [-0.1, -0.05) is 5.16 Å². The lowest BCUT2D eigenvalue weighted by Gasteiger charge is -1.92. The van der Waals surface area contributed by atoms with E-state index >= 15 is 0 Å². The first-order chi connectivity index (χ1) is 4.22. The Morgan fingerprint density at radius 2 is 2.22 bits per heavy atom. The number of nitrogens with zero attached hydrogens (tertiary/aromatic N) is 1. The number of aliphatic carboxylic acids is 1. The van der Waals surface area contributed by atoms with Gasteiger partial charge in [0.1, 0.15) is 0 Å². The zero-order chi connectivity index (χ0) is 7.28. The van der Waals surface area contributed by atoms with Crippen molar-refractivity contribution >= 4 is 11.7 Å². The fourth-order valence-electron chi connectivity index (χ4n) is 0.336. The molecule has 0 radical (unpaired) electrons. The molecule has 0 unspecified atom stereocenters. The molecule has 0 aliphatic carbocycles. The first kappa shape index (κ1) is 7.90. The maximum Gasteiger partial charge on any atom is 0.353 e. The molecule has 0 bridgehead atoms. The summed E-state index contributed by atoms with van der Waals surface area (Å²) in [6.07, 6.45) is 0.0891. The second kappa shape index (κ2) is 3.85. The van der Waals surface area contributed by atoms with Crippen LogP contribution in [0.5, 0.6) is 0 Å². The molecule has 0 saturated carbocycles. The zero-order valence-electron chi connectivity index (χ0n) is 4.74. The van der Waals surface area contributed by atoms with Gasteiger partial charge in [0, 0.05) is 6.42 Å². The first-order valence-electron chi connectivity index (χ1n) is 2.36. The number of oxime groups is 1. The van der Waals surface area contributed by atoms with E-state index in [1.54, 1.807) is 0 Å². The summed E-state index contributed by atoms with van der Waals surface area (Å²) >= 11 is 0. The molecule has 0 rings (SSSR count). The Morgan fingerprint density at radius 1 is 1.67 bits per heavy atom. The number of carboxylic acid groups (broad SMARTS) is 1. The molecule has 0 fully saturated rings. The summed E-state index contributed by atoms with van der Waals surface area (Å²) in [5, 5.41) is 18.7. The van der Waals surface area contributed by atoms with Crippen LogP contribution in [0.15, 0.2) is 5.16 Å². The molecule has 0 heterocycles. The Balaban J connectivity index is 3.85. The Morgan fingerprint density at radius 3 is 2.33 bits per heavy atom. The minimum atomic E-state index is -1.23. The highest BCUT2D eigenvalue weighted by atomic mass is 16.4. The molecule has 4 N–H and O–H groups in total. The van der Waals surface area contributed by atoms with Crippen molar-refractivity contribution in [3.8, 4) is 0 Å². The maximum atomic E-state index is 9.97. The largest absolute Gasteiger partial charge is 0.477 e. The smallest absolute Gasteiger partial charge is 0.353 e. The third-order valence-electron chi connectivity index (χ3n) is 0.749. The molecule has 0 aliphatic heterocycles. The topological polar surface area (TPSA) is 95.9 Å². The van der Waals surface area contributed by atoms with Crippen LogP contribution in [0.2, 0.25) is 0 Å². The molecular weight excluding hydrogens is 124 g/mol. The Kier molecular flexibility index (Phi) is 3.38. The van der Waals surface area contributed by atoms with E-state index in [9.17, 15) is 4.79 Å². The van der Waals surface area contributed by atoms with E-state index < -0.39 is 5.97 Å². The monoisotopic (exact) mass is 132 g/mol. The summed E-state index contributed by atoms with van der Waals surface area (Å²) in [7, 11) is 0. The van der Waals surface area contributed by atoms with Gasteiger partial charge in [-0.25, -0.2) is 4.79 Å². The fraction of sp³-hybridized carbons (Fsp3) is 0.500. The van der Waals surface area contributed by atoms with Crippen molar-refractivity contribution in [2.24, 2.45) is 10.9 Å². The number of hydrogen-bond acceptors (Lipinski definition) is 4. The number of carboxylic acids is 1. The van der Waals surface area contributed by atoms with E-state index in [2.05, 4.69) is 5.16 Å². The van der Waals surface area contributed by atoms with Crippen LogP contribution in [0.25, 0.3) is 0 Å². The van der Waals surface area contributed by atoms with Crippen LogP contribution in [-0.4, -0.2) is 28.5 Å². The lowest BCUT2D eigenvalue weighted by molar-refractivity contribution is -0.129. The highest BCUT2D eigenvalue weighted by Gasteiger charge is 2.06. The minimum Gasteiger partial charge on any atom is -0.477 e. The van der Waals surface area contributed by atoms with Gasteiger partial charge in [-0.15, -0.1) is 0 Å². The molecule has 0 spiro atoms. The number of carbonyl (C=O) groups is 1. The van der Waals surface area contributed by atoms with Crippen LogP contribution in [0.1, 0.15) is 6.42 Å². The molecule has 0 atom stereocenters. The van der Waals surface area contributed by atoms with E-state index in [0.717, 1.165) is 0 Å². The highest BCUT2D eigenvalue weighted by molar-refractivity contribution is 6.35. The van der Waals surface area contributed by atoms with E-state index in [-0.39, 0.29) is 18.7 Å². The average molecular weight is 132 g/mol. The zero-order valence-corrected chi connectivity index (χ0v) is 4.74. The van der Waals surface area contributed by atoms with Crippen molar-refractivity contribution in [1.29, 1.82) is 0 Å². The summed E-state index contributed by atoms with van der Waals surface area (Å²) in [6.45, 7) is 0.172. The normalized spacial score (nSPS) is 11.4. The van der Waals surface area contributed by atoms with Gasteiger partial charge in [-0.05, 0) is 6.54 Å². The second-order valence-electron chi connectivity index (χ2n) is 1.39. The molecule has 0 amide bonds. The van der Waals surface area contributed by atoms with Crippen molar-refractivity contribution in [1.82, 2.24) is 0 Å². The van der Waals surface area contributed by atoms with Crippen molar-refractivity contribution in [2.45, 2.75) is 6.42 Å². The van der Waals surface area contributed by atoms with Crippen molar-refractivity contribution in [2.75, 3.05) is 6.54 Å². The van der Waals surface area contributed by atoms with Gasteiger partial charge in [0.05, 0.1) is 0 Å². The van der Waals surface area contributed by atoms with Gasteiger partial charge in [0.25, 0.3) is 0 Å². The van der Waals surface area contributed by atoms with E-state index in [1.807, 2.05) is 0 Å². The third-order valence-corrected chi connectivity index (χ3v) is 0.749. The van der Waals surface area contributed by atoms with Gasteiger partial charge in [0.2, 0.25) is 0 Å². The lowest BCUT2D eigenvalue weighted by atomic mass is 10.3. The van der Waals surface area contributed by atoms with E-state index in [0.29, 0.717) is 0 Å².